The summed E-state index contributed by atoms with van der Waals surface area (Å²) in [7, 11) is 0. The van der Waals surface area contributed by atoms with Crippen LogP contribution >= 0.6 is 23.2 Å². The molecule has 0 bridgehead atoms. The number of hydrogen-bond donors (Lipinski definition) is 2. The molecule has 0 aliphatic rings. The molecule has 124 valence electrons. The predicted molar refractivity (Wildman–Crippen MR) is 86.7 cm³/mol. The van der Waals surface area contributed by atoms with E-state index in [-0.39, 0.29) is 0 Å². The number of amides is 1. The van der Waals surface area contributed by atoms with Gasteiger partial charge in [-0.2, -0.15) is 0 Å². The van der Waals surface area contributed by atoms with Crippen LogP contribution in [0.4, 0.5) is 4.39 Å². The van der Waals surface area contributed by atoms with Crippen molar-refractivity contribution < 1.29 is 14.3 Å². The number of aliphatic hydroxyl groups excluding tert-OH is 1. The Labute approximate surface area is 143 Å². The average molecular weight is 360 g/mol. The van der Waals surface area contributed by atoms with Crippen molar-refractivity contribution in [2.24, 2.45) is 0 Å². The number of imidazole rings is 1. The Kier molecular flexibility index (Phi) is 5.98. The standard InChI is InChI=1S/C15H16Cl2FN3O2/c1-9-7-21(8-19-9)11-4-2-10(3-5-11)13(22)12(6-18)20-15(23)14(16)17/h2-5,7-8,12-14,22H,6H2,1H3,(H,20,23). The van der Waals surface area contributed by atoms with Gasteiger partial charge in [-0.05, 0) is 24.6 Å². The fourth-order valence-corrected chi connectivity index (χ4v) is 2.21. The zero-order chi connectivity index (χ0) is 17.0. The molecule has 0 aliphatic heterocycles. The minimum Gasteiger partial charge on any atom is -0.386 e. The van der Waals surface area contributed by atoms with Crippen LogP contribution in [-0.4, -0.2) is 38.1 Å². The Bertz CT molecular complexity index is 661. The number of aryl methyl sites for hydroxylation is 1. The molecular formula is C15H16Cl2FN3O2. The third kappa shape index (κ3) is 4.43. The number of carbonyl (C=O) groups excluding carboxylic acids is 1. The van der Waals surface area contributed by atoms with E-state index in [2.05, 4.69) is 10.3 Å². The van der Waals surface area contributed by atoms with Crippen molar-refractivity contribution >= 4 is 29.1 Å². The summed E-state index contributed by atoms with van der Waals surface area (Å²) < 4.78 is 14.9. The Morgan fingerprint density at radius 1 is 1.39 bits per heavy atom. The van der Waals surface area contributed by atoms with Crippen LogP contribution in [0.2, 0.25) is 0 Å². The first-order valence-corrected chi connectivity index (χ1v) is 7.73. The Hall–Kier alpha value is -1.63. The van der Waals surface area contributed by atoms with Gasteiger partial charge < -0.3 is 15.0 Å². The van der Waals surface area contributed by atoms with Crippen LogP contribution in [0.25, 0.3) is 5.69 Å². The molecule has 1 heterocycles. The van der Waals surface area contributed by atoms with E-state index in [1.807, 2.05) is 17.7 Å². The summed E-state index contributed by atoms with van der Waals surface area (Å²) in [5.41, 5.74) is 2.20. The zero-order valence-electron chi connectivity index (χ0n) is 12.3. The van der Waals surface area contributed by atoms with E-state index in [0.29, 0.717) is 5.56 Å². The van der Waals surface area contributed by atoms with Crippen LogP contribution in [0.1, 0.15) is 17.4 Å². The lowest BCUT2D eigenvalue weighted by molar-refractivity contribution is -0.121. The molecule has 2 unspecified atom stereocenters. The van der Waals surface area contributed by atoms with E-state index in [0.717, 1.165) is 11.4 Å². The molecule has 0 saturated heterocycles. The van der Waals surface area contributed by atoms with Gasteiger partial charge in [0.05, 0.1) is 18.1 Å². The van der Waals surface area contributed by atoms with Crippen LogP contribution in [0.3, 0.4) is 0 Å². The third-order valence-electron chi connectivity index (χ3n) is 3.32. The highest BCUT2D eigenvalue weighted by molar-refractivity contribution is 6.53. The van der Waals surface area contributed by atoms with Gasteiger partial charge in [0.25, 0.3) is 5.91 Å². The summed E-state index contributed by atoms with van der Waals surface area (Å²) in [5, 5.41) is 12.5. The molecule has 8 heteroatoms. The van der Waals surface area contributed by atoms with Gasteiger partial charge in [-0.25, -0.2) is 9.37 Å². The van der Waals surface area contributed by atoms with Gasteiger partial charge in [-0.15, -0.1) is 0 Å². The van der Waals surface area contributed by atoms with Crippen LogP contribution in [0.15, 0.2) is 36.8 Å². The second-order valence-electron chi connectivity index (χ2n) is 5.03. The third-order valence-corrected chi connectivity index (χ3v) is 3.71. The first-order chi connectivity index (χ1) is 10.9. The largest absolute Gasteiger partial charge is 0.386 e. The summed E-state index contributed by atoms with van der Waals surface area (Å²) in [6, 6.07) is 5.72. The number of nitrogens with zero attached hydrogens (tertiary/aromatic N) is 2. The molecule has 0 radical (unpaired) electrons. The van der Waals surface area contributed by atoms with E-state index in [9.17, 15) is 14.3 Å². The zero-order valence-corrected chi connectivity index (χ0v) is 13.8. The molecule has 5 nitrogen and oxygen atoms in total. The van der Waals surface area contributed by atoms with Crippen molar-refractivity contribution in [2.75, 3.05) is 6.67 Å². The maximum Gasteiger partial charge on any atom is 0.253 e. The molecule has 0 aliphatic carbocycles. The minimum atomic E-state index is -1.32. The van der Waals surface area contributed by atoms with Crippen molar-refractivity contribution in [3.63, 3.8) is 0 Å². The molecule has 2 N–H and O–H groups in total. The van der Waals surface area contributed by atoms with Crippen LogP contribution in [-0.2, 0) is 4.79 Å². The Morgan fingerprint density at radius 2 is 2.04 bits per heavy atom. The highest BCUT2D eigenvalue weighted by Crippen LogP contribution is 2.20. The number of nitrogens with one attached hydrogen (secondary N) is 1. The van der Waals surface area contributed by atoms with E-state index in [1.165, 1.54) is 0 Å². The topological polar surface area (TPSA) is 67.2 Å². The lowest BCUT2D eigenvalue weighted by Crippen LogP contribution is -2.43. The number of rotatable bonds is 6. The van der Waals surface area contributed by atoms with Crippen molar-refractivity contribution in [3.8, 4) is 5.69 Å². The monoisotopic (exact) mass is 359 g/mol. The molecule has 0 fully saturated rings. The molecule has 0 saturated carbocycles. The number of aliphatic hydroxyl groups is 1. The fraction of sp³-hybridized carbons (Fsp3) is 0.333. The molecule has 23 heavy (non-hydrogen) atoms. The second kappa shape index (κ2) is 7.77. The van der Waals surface area contributed by atoms with Crippen LogP contribution in [0.5, 0.6) is 0 Å². The molecule has 2 rings (SSSR count). The smallest absolute Gasteiger partial charge is 0.253 e. The maximum atomic E-state index is 13.1. The molecule has 1 aromatic heterocycles. The van der Waals surface area contributed by atoms with Gasteiger partial charge in [-0.1, -0.05) is 35.3 Å². The second-order valence-corrected chi connectivity index (χ2v) is 6.13. The van der Waals surface area contributed by atoms with Crippen molar-refractivity contribution in [3.05, 3.63) is 48.0 Å². The van der Waals surface area contributed by atoms with Crippen LogP contribution in [0, 0.1) is 6.92 Å². The van der Waals surface area contributed by atoms with E-state index >= 15 is 0 Å². The van der Waals surface area contributed by atoms with Crippen molar-refractivity contribution in [1.82, 2.24) is 14.9 Å². The first kappa shape index (κ1) is 17.7. The SMILES string of the molecule is Cc1cn(-c2ccc(C(O)C(CF)NC(=O)C(Cl)Cl)cc2)cn1. The summed E-state index contributed by atoms with van der Waals surface area (Å²) >= 11 is 10.8. The summed E-state index contributed by atoms with van der Waals surface area (Å²) in [4.78, 5) is 14.2. The Morgan fingerprint density at radius 3 is 2.52 bits per heavy atom. The summed E-state index contributed by atoms with van der Waals surface area (Å²) in [6.45, 7) is 0.931. The van der Waals surface area contributed by atoms with E-state index < -0.39 is 29.6 Å². The minimum absolute atomic E-state index is 0.467. The molecular weight excluding hydrogens is 344 g/mol. The number of hydrogen-bond acceptors (Lipinski definition) is 3. The van der Waals surface area contributed by atoms with Gasteiger partial charge in [0, 0.05) is 11.9 Å². The van der Waals surface area contributed by atoms with Crippen molar-refractivity contribution in [2.45, 2.75) is 23.9 Å². The fourth-order valence-electron chi connectivity index (χ4n) is 2.09. The molecule has 1 amide bonds. The maximum absolute atomic E-state index is 13.1. The number of halogens is 3. The first-order valence-electron chi connectivity index (χ1n) is 6.86. The molecule has 2 atom stereocenters. The van der Waals surface area contributed by atoms with Gasteiger partial charge in [0.15, 0.2) is 4.84 Å². The lowest BCUT2D eigenvalue weighted by atomic mass is 10.0. The van der Waals surface area contributed by atoms with Gasteiger partial charge in [-0.3, -0.25) is 4.79 Å². The molecule has 0 spiro atoms. The van der Waals surface area contributed by atoms with Crippen molar-refractivity contribution in [1.29, 1.82) is 0 Å². The lowest BCUT2D eigenvalue weighted by Gasteiger charge is -2.22. The van der Waals surface area contributed by atoms with Crippen LogP contribution < -0.4 is 5.32 Å². The van der Waals surface area contributed by atoms with Gasteiger partial charge in [0.1, 0.15) is 12.8 Å². The summed E-state index contributed by atoms with van der Waals surface area (Å²) in [5.74, 6) is -0.749. The van der Waals surface area contributed by atoms with Gasteiger partial charge in [0.2, 0.25) is 0 Å². The molecule has 2 aromatic rings. The van der Waals surface area contributed by atoms with Gasteiger partial charge >= 0.3 is 0 Å². The highest BCUT2D eigenvalue weighted by Gasteiger charge is 2.25. The Balaban J connectivity index is 2.12. The molecule has 1 aromatic carbocycles. The number of aromatic nitrogens is 2. The van der Waals surface area contributed by atoms with E-state index in [4.69, 9.17) is 23.2 Å². The predicted octanol–water partition coefficient (Wildman–Crippen LogP) is 2.47. The van der Waals surface area contributed by atoms with E-state index in [1.54, 1.807) is 30.6 Å². The quantitative estimate of drug-likeness (QED) is 0.778. The highest BCUT2D eigenvalue weighted by atomic mass is 35.5. The number of alkyl halides is 3. The summed E-state index contributed by atoms with van der Waals surface area (Å²) in [6.07, 6.45) is 2.32. The average Bonchev–Trinajstić information content (AvgIpc) is 2.98. The normalized spacial score (nSPS) is 13.8. The number of carbonyl (C=O) groups is 1. The number of benzene rings is 1.